The van der Waals surface area contributed by atoms with Gasteiger partial charge in [0.05, 0.1) is 63.5 Å². The van der Waals surface area contributed by atoms with Crippen molar-refractivity contribution in [3.63, 3.8) is 0 Å². The maximum atomic E-state index is 12.0. The Labute approximate surface area is 371 Å². The SMILES string of the molecule is CCOP(C)(=O)Cc1ccc(OC)c(OC)c1.COc1ccc(-c2ccccc2C=O)cc1OC.COc1ccc(/C=C/c2ccccc2-c2ccc(OC)c(OC)c2)cc1OC. The first-order valence-electron chi connectivity index (χ1n) is 19.9. The van der Waals surface area contributed by atoms with E-state index in [1.54, 1.807) is 75.7 Å². The van der Waals surface area contributed by atoms with Crippen molar-refractivity contribution in [1.29, 1.82) is 0 Å². The molecule has 0 aliphatic rings. The van der Waals surface area contributed by atoms with Crippen LogP contribution in [0.3, 0.4) is 0 Å². The smallest absolute Gasteiger partial charge is 0.204 e. The van der Waals surface area contributed by atoms with Crippen molar-refractivity contribution in [2.24, 2.45) is 0 Å². The molecule has 0 heterocycles. The standard InChI is InChI=1S/C24H24O4.C15H14O3.C12H19O4P/c1-25-21-13-10-17(15-23(21)27-3)9-11-18-7-5-6-8-20(18)19-12-14-22(26-2)24(16-19)28-4;1-17-14-8-7-11(9-15(14)18-2)13-6-4-3-5-12(13)10-16;1-5-16-17(4,13)9-10-6-7-11(14-2)12(8-10)15-3/h5-16H,1-4H3;3-10H,1-2H3;6-8H,5,9H2,1-4H3/b11-9+;;. The summed E-state index contributed by atoms with van der Waals surface area (Å²) in [6, 6.07) is 38.6. The first-order valence-corrected chi connectivity index (χ1v) is 22.2. The second kappa shape index (κ2) is 24.7. The minimum Gasteiger partial charge on any atom is -0.493 e. The molecule has 6 rings (SSSR count). The zero-order valence-corrected chi connectivity index (χ0v) is 38.5. The van der Waals surface area contributed by atoms with Gasteiger partial charge in [-0.05, 0) is 94.4 Å². The number of hydrogen-bond acceptors (Lipinski definition) is 11. The molecule has 6 aromatic carbocycles. The van der Waals surface area contributed by atoms with Crippen LogP contribution in [0.5, 0.6) is 46.0 Å². The third-order valence-corrected chi connectivity index (χ3v) is 11.4. The maximum absolute atomic E-state index is 12.0. The van der Waals surface area contributed by atoms with Gasteiger partial charge >= 0.3 is 0 Å². The van der Waals surface area contributed by atoms with E-state index in [1.807, 2.05) is 104 Å². The lowest BCUT2D eigenvalue weighted by Crippen LogP contribution is -1.95. The first kappa shape index (κ1) is 49.0. The van der Waals surface area contributed by atoms with Crippen LogP contribution in [-0.2, 0) is 15.3 Å². The molecule has 0 aliphatic carbocycles. The molecule has 6 aromatic rings. The number of carbonyl (C=O) groups is 1. The molecule has 11 nitrogen and oxygen atoms in total. The Balaban J connectivity index is 0.000000218. The topological polar surface area (TPSA) is 117 Å². The van der Waals surface area contributed by atoms with E-state index in [-0.39, 0.29) is 0 Å². The molecule has 332 valence electrons. The molecule has 0 aliphatic heterocycles. The number of carbonyl (C=O) groups excluding carboxylic acids is 1. The van der Waals surface area contributed by atoms with Crippen molar-refractivity contribution in [3.8, 4) is 68.2 Å². The third-order valence-electron chi connectivity index (χ3n) is 9.62. The predicted molar refractivity (Wildman–Crippen MR) is 252 cm³/mol. The van der Waals surface area contributed by atoms with Crippen LogP contribution in [0.4, 0.5) is 0 Å². The van der Waals surface area contributed by atoms with Crippen LogP contribution in [0, 0.1) is 0 Å². The average molecular weight is 877 g/mol. The molecular weight excluding hydrogens is 820 g/mol. The van der Waals surface area contributed by atoms with Gasteiger partial charge in [-0.3, -0.25) is 9.36 Å². The number of hydrogen-bond donors (Lipinski definition) is 0. The highest BCUT2D eigenvalue weighted by molar-refractivity contribution is 7.57. The van der Waals surface area contributed by atoms with Gasteiger partial charge in [0.2, 0.25) is 7.37 Å². The minimum atomic E-state index is -2.56. The van der Waals surface area contributed by atoms with Gasteiger partial charge in [0, 0.05) is 18.4 Å². The lowest BCUT2D eigenvalue weighted by Gasteiger charge is -2.14. The van der Waals surface area contributed by atoms with E-state index in [4.69, 9.17) is 42.4 Å². The molecule has 0 spiro atoms. The lowest BCUT2D eigenvalue weighted by molar-refractivity contribution is 0.112. The molecule has 63 heavy (non-hydrogen) atoms. The van der Waals surface area contributed by atoms with Gasteiger partial charge in [-0.25, -0.2) is 0 Å². The molecule has 0 amide bonds. The molecule has 12 heteroatoms. The van der Waals surface area contributed by atoms with Gasteiger partial charge in [0.1, 0.15) is 0 Å². The van der Waals surface area contributed by atoms with Crippen LogP contribution in [0.2, 0.25) is 0 Å². The van der Waals surface area contributed by atoms with Crippen molar-refractivity contribution >= 4 is 25.8 Å². The molecule has 0 N–H and O–H groups in total. The highest BCUT2D eigenvalue weighted by atomic mass is 31.2. The molecule has 0 saturated heterocycles. The van der Waals surface area contributed by atoms with Crippen LogP contribution in [0.25, 0.3) is 34.4 Å². The molecular formula is C51H57O11P. The van der Waals surface area contributed by atoms with Gasteiger partial charge in [-0.2, -0.15) is 0 Å². The molecule has 0 bridgehead atoms. The summed E-state index contributed by atoms with van der Waals surface area (Å²) < 4.78 is 59.6. The van der Waals surface area contributed by atoms with E-state index in [0.29, 0.717) is 64.3 Å². The zero-order chi connectivity index (χ0) is 45.8. The summed E-state index contributed by atoms with van der Waals surface area (Å²) in [6.45, 7) is 3.94. The van der Waals surface area contributed by atoms with E-state index < -0.39 is 7.37 Å². The fraction of sp³-hybridized carbons (Fsp3) is 0.235. The summed E-state index contributed by atoms with van der Waals surface area (Å²) in [6.07, 6.45) is 5.40. The van der Waals surface area contributed by atoms with Crippen molar-refractivity contribution in [1.82, 2.24) is 0 Å². The maximum Gasteiger partial charge on any atom is 0.204 e. The van der Waals surface area contributed by atoms with Crippen molar-refractivity contribution in [2.45, 2.75) is 13.1 Å². The van der Waals surface area contributed by atoms with Gasteiger partial charge < -0.3 is 42.4 Å². The Morgan fingerprint density at radius 3 is 1.35 bits per heavy atom. The number of aldehydes is 1. The summed E-state index contributed by atoms with van der Waals surface area (Å²) in [4.78, 5) is 11.0. The number of ether oxygens (including phenoxy) is 8. The van der Waals surface area contributed by atoms with Gasteiger partial charge in [-0.1, -0.05) is 84.9 Å². The van der Waals surface area contributed by atoms with Crippen LogP contribution < -0.4 is 37.9 Å². The molecule has 1 atom stereocenters. The van der Waals surface area contributed by atoms with Gasteiger partial charge in [0.25, 0.3) is 0 Å². The van der Waals surface area contributed by atoms with Crippen molar-refractivity contribution < 1.29 is 51.8 Å². The predicted octanol–water partition coefficient (Wildman–Crippen LogP) is 11.9. The average Bonchev–Trinajstić information content (AvgIpc) is 3.32. The minimum absolute atomic E-state index is 0.404. The Bertz CT molecular complexity index is 2480. The summed E-state index contributed by atoms with van der Waals surface area (Å²) in [5.41, 5.74) is 7.69. The Kier molecular flexibility index (Phi) is 19.2. The number of benzene rings is 6. The lowest BCUT2D eigenvalue weighted by atomic mass is 9.98. The summed E-state index contributed by atoms with van der Waals surface area (Å²) in [5.74, 6) is 5.46. The molecule has 0 aromatic heterocycles. The van der Waals surface area contributed by atoms with E-state index in [1.165, 1.54) is 0 Å². The highest BCUT2D eigenvalue weighted by Crippen LogP contribution is 2.47. The fourth-order valence-corrected chi connectivity index (χ4v) is 8.04. The molecule has 0 radical (unpaired) electrons. The van der Waals surface area contributed by atoms with Crippen LogP contribution in [0.15, 0.2) is 121 Å². The van der Waals surface area contributed by atoms with Crippen molar-refractivity contribution in [2.75, 3.05) is 70.2 Å². The van der Waals surface area contributed by atoms with E-state index in [2.05, 4.69) is 24.3 Å². The summed E-state index contributed by atoms with van der Waals surface area (Å²) in [5, 5.41) is 0. The summed E-state index contributed by atoms with van der Waals surface area (Å²) >= 11 is 0. The molecule has 0 fully saturated rings. The Hall–Kier alpha value is -6.68. The monoisotopic (exact) mass is 876 g/mol. The van der Waals surface area contributed by atoms with E-state index in [0.717, 1.165) is 45.2 Å². The van der Waals surface area contributed by atoms with Crippen molar-refractivity contribution in [3.05, 3.63) is 144 Å². The van der Waals surface area contributed by atoms with Gasteiger partial charge in [0.15, 0.2) is 52.3 Å². The van der Waals surface area contributed by atoms with Crippen LogP contribution >= 0.6 is 7.37 Å². The second-order valence-electron chi connectivity index (χ2n) is 13.7. The van der Waals surface area contributed by atoms with Crippen LogP contribution in [-0.4, -0.2) is 76.4 Å². The van der Waals surface area contributed by atoms with E-state index >= 15 is 0 Å². The largest absolute Gasteiger partial charge is 0.493 e. The third kappa shape index (κ3) is 13.7. The Morgan fingerprint density at radius 1 is 0.460 bits per heavy atom. The molecule has 1 unspecified atom stereocenters. The number of methoxy groups -OCH3 is 8. The van der Waals surface area contributed by atoms with Gasteiger partial charge in [-0.15, -0.1) is 0 Å². The zero-order valence-electron chi connectivity index (χ0n) is 37.6. The normalized spacial score (nSPS) is 11.4. The quantitative estimate of drug-likeness (QED) is 0.0495. The fourth-order valence-electron chi connectivity index (χ4n) is 6.55. The number of rotatable bonds is 17. The Morgan fingerprint density at radius 2 is 0.873 bits per heavy atom. The second-order valence-corrected chi connectivity index (χ2v) is 16.3. The molecule has 0 saturated carbocycles. The first-order chi connectivity index (χ1) is 30.5. The van der Waals surface area contributed by atoms with E-state index in [9.17, 15) is 9.36 Å². The highest BCUT2D eigenvalue weighted by Gasteiger charge is 2.17. The van der Waals surface area contributed by atoms with Crippen LogP contribution in [0.1, 0.15) is 34.0 Å². The summed E-state index contributed by atoms with van der Waals surface area (Å²) in [7, 11) is 10.3.